The molecular weight excluding hydrogens is 358 g/mol. The van der Waals surface area contributed by atoms with E-state index in [1.807, 2.05) is 0 Å². The molecule has 0 saturated carbocycles. The number of pyridine rings is 1. The molecule has 0 amide bonds. The lowest BCUT2D eigenvalue weighted by molar-refractivity contribution is 0.373. The highest BCUT2D eigenvalue weighted by Crippen LogP contribution is 2.29. The van der Waals surface area contributed by atoms with Gasteiger partial charge >= 0.3 is 0 Å². The summed E-state index contributed by atoms with van der Waals surface area (Å²) in [6.45, 7) is 0. The quantitative estimate of drug-likeness (QED) is 0.633. The second kappa shape index (κ2) is 8.68. The molecule has 3 rings (SSSR count). The van der Waals surface area contributed by atoms with Crippen LogP contribution in [0.25, 0.3) is 0 Å². The molecule has 3 aromatic rings. The van der Waals surface area contributed by atoms with Crippen LogP contribution in [0, 0.1) is 0 Å². The van der Waals surface area contributed by atoms with Gasteiger partial charge in [-0.25, -0.2) is 15.0 Å². The molecule has 0 aliphatic rings. The Kier molecular flexibility index (Phi) is 5.86. The lowest BCUT2D eigenvalue weighted by atomic mass is 10.2. The van der Waals surface area contributed by atoms with E-state index in [9.17, 15) is 10.2 Å². The Balaban J connectivity index is 1.81. The van der Waals surface area contributed by atoms with Gasteiger partial charge in [-0.1, -0.05) is 18.2 Å². The van der Waals surface area contributed by atoms with Gasteiger partial charge in [-0.2, -0.15) is 0 Å². The summed E-state index contributed by atoms with van der Waals surface area (Å²) < 4.78 is 10.2. The summed E-state index contributed by atoms with van der Waals surface area (Å²) in [5.74, 6) is 1.60. The molecule has 0 atom stereocenters. The molecule has 1 aromatic heterocycles. The number of ether oxygens (including phenoxy) is 2. The second-order valence-corrected chi connectivity index (χ2v) is 5.67. The van der Waals surface area contributed by atoms with Crippen LogP contribution in [-0.2, 0) is 0 Å². The number of para-hydroxylation sites is 2. The first-order valence-electron chi connectivity index (χ1n) is 8.39. The van der Waals surface area contributed by atoms with Gasteiger partial charge in [-0.15, -0.1) is 0 Å². The van der Waals surface area contributed by atoms with Crippen molar-refractivity contribution in [2.24, 2.45) is 9.98 Å². The van der Waals surface area contributed by atoms with E-state index in [0.29, 0.717) is 34.3 Å². The number of hydrogen-bond acceptors (Lipinski definition) is 7. The standard InChI is InChI=1S/C21H19N3O4/c1-27-16-8-3-6-14(20(16)25)12-22-18-10-5-11-19(24-18)23-13-15-7-4-9-17(28-2)21(15)26/h3-13,25-26H,1-2H3/b22-12+,23-13?. The van der Waals surface area contributed by atoms with E-state index >= 15 is 0 Å². The maximum Gasteiger partial charge on any atom is 0.166 e. The van der Waals surface area contributed by atoms with Crippen molar-refractivity contribution in [3.8, 4) is 23.0 Å². The second-order valence-electron chi connectivity index (χ2n) is 5.67. The number of rotatable bonds is 6. The number of aromatic hydroxyl groups is 2. The first-order chi connectivity index (χ1) is 13.6. The van der Waals surface area contributed by atoms with Gasteiger partial charge in [0, 0.05) is 23.6 Å². The molecule has 28 heavy (non-hydrogen) atoms. The number of methoxy groups -OCH3 is 2. The predicted molar refractivity (Wildman–Crippen MR) is 108 cm³/mol. The fraction of sp³-hybridized carbons (Fsp3) is 0.0952. The van der Waals surface area contributed by atoms with Gasteiger partial charge < -0.3 is 19.7 Å². The molecule has 2 aromatic carbocycles. The van der Waals surface area contributed by atoms with Crippen LogP contribution in [0.5, 0.6) is 23.0 Å². The molecule has 0 aliphatic carbocycles. The van der Waals surface area contributed by atoms with Crippen LogP contribution in [0.4, 0.5) is 11.6 Å². The lowest BCUT2D eigenvalue weighted by Gasteiger charge is -2.05. The zero-order valence-electron chi connectivity index (χ0n) is 15.4. The minimum Gasteiger partial charge on any atom is -0.504 e. The van der Waals surface area contributed by atoms with Gasteiger partial charge in [0.2, 0.25) is 0 Å². The van der Waals surface area contributed by atoms with E-state index in [2.05, 4.69) is 15.0 Å². The van der Waals surface area contributed by atoms with Crippen molar-refractivity contribution in [1.82, 2.24) is 4.98 Å². The summed E-state index contributed by atoms with van der Waals surface area (Å²) in [5.41, 5.74) is 1.02. The molecule has 0 radical (unpaired) electrons. The number of phenols is 2. The largest absolute Gasteiger partial charge is 0.504 e. The van der Waals surface area contributed by atoms with E-state index in [1.54, 1.807) is 54.6 Å². The average molecular weight is 377 g/mol. The van der Waals surface area contributed by atoms with Gasteiger partial charge in [-0.05, 0) is 36.4 Å². The van der Waals surface area contributed by atoms with E-state index in [4.69, 9.17) is 9.47 Å². The molecular formula is C21H19N3O4. The molecule has 0 aliphatic heterocycles. The smallest absolute Gasteiger partial charge is 0.166 e. The van der Waals surface area contributed by atoms with Crippen molar-refractivity contribution in [1.29, 1.82) is 0 Å². The van der Waals surface area contributed by atoms with Crippen LogP contribution in [0.2, 0.25) is 0 Å². The highest BCUT2D eigenvalue weighted by molar-refractivity contribution is 5.87. The lowest BCUT2D eigenvalue weighted by Crippen LogP contribution is -1.89. The predicted octanol–water partition coefficient (Wildman–Crippen LogP) is 4.01. The van der Waals surface area contributed by atoms with E-state index in [0.717, 1.165) is 0 Å². The van der Waals surface area contributed by atoms with Crippen LogP contribution in [0.15, 0.2) is 64.6 Å². The van der Waals surface area contributed by atoms with Crippen molar-refractivity contribution < 1.29 is 19.7 Å². The Morgan fingerprint density at radius 3 is 1.57 bits per heavy atom. The number of benzene rings is 2. The molecule has 2 N–H and O–H groups in total. The van der Waals surface area contributed by atoms with Gasteiger partial charge in [0.05, 0.1) is 14.2 Å². The molecule has 142 valence electrons. The number of hydrogen-bond donors (Lipinski definition) is 2. The summed E-state index contributed by atoms with van der Waals surface area (Å²) in [7, 11) is 2.97. The number of aromatic nitrogens is 1. The maximum absolute atomic E-state index is 10.1. The van der Waals surface area contributed by atoms with Crippen LogP contribution in [0.1, 0.15) is 11.1 Å². The Hall–Kier alpha value is -3.87. The zero-order chi connectivity index (χ0) is 19.9. The van der Waals surface area contributed by atoms with Crippen LogP contribution in [0.3, 0.4) is 0 Å². The molecule has 7 heteroatoms. The molecule has 7 nitrogen and oxygen atoms in total. The molecule has 0 saturated heterocycles. The third-order valence-electron chi connectivity index (χ3n) is 3.89. The third-order valence-corrected chi connectivity index (χ3v) is 3.89. The van der Waals surface area contributed by atoms with Crippen LogP contribution >= 0.6 is 0 Å². The highest BCUT2D eigenvalue weighted by Gasteiger charge is 2.06. The summed E-state index contributed by atoms with van der Waals surface area (Å²) in [6.07, 6.45) is 3.00. The fourth-order valence-electron chi connectivity index (χ4n) is 2.44. The molecule has 0 bridgehead atoms. The SMILES string of the molecule is COc1cccc(C=Nc2cccc(/N=C/c3cccc(OC)c3O)n2)c1O. The number of nitrogens with zero attached hydrogens (tertiary/aromatic N) is 3. The zero-order valence-corrected chi connectivity index (χ0v) is 15.4. The van der Waals surface area contributed by atoms with Crippen molar-refractivity contribution >= 4 is 24.1 Å². The van der Waals surface area contributed by atoms with Crippen molar-refractivity contribution in [2.75, 3.05) is 14.2 Å². The van der Waals surface area contributed by atoms with Gasteiger partial charge in [0.25, 0.3) is 0 Å². The maximum atomic E-state index is 10.1. The minimum atomic E-state index is 0.0106. The summed E-state index contributed by atoms with van der Waals surface area (Å²) in [6, 6.07) is 15.5. The molecule has 0 spiro atoms. The average Bonchev–Trinajstić information content (AvgIpc) is 2.72. The first-order valence-corrected chi connectivity index (χ1v) is 8.39. The Bertz CT molecular complexity index is 953. The van der Waals surface area contributed by atoms with E-state index in [1.165, 1.54) is 26.6 Å². The monoisotopic (exact) mass is 377 g/mol. The van der Waals surface area contributed by atoms with Crippen LogP contribution < -0.4 is 9.47 Å². The highest BCUT2D eigenvalue weighted by atomic mass is 16.5. The summed E-state index contributed by atoms with van der Waals surface area (Å²) in [4.78, 5) is 12.9. The Morgan fingerprint density at radius 2 is 1.14 bits per heavy atom. The third kappa shape index (κ3) is 4.27. The van der Waals surface area contributed by atoms with E-state index in [-0.39, 0.29) is 11.5 Å². The van der Waals surface area contributed by atoms with Gasteiger partial charge in [-0.3, -0.25) is 0 Å². The minimum absolute atomic E-state index is 0.0106. The molecule has 0 fully saturated rings. The topological polar surface area (TPSA) is 96.5 Å². The summed E-state index contributed by atoms with van der Waals surface area (Å²) >= 11 is 0. The van der Waals surface area contributed by atoms with Crippen molar-refractivity contribution in [2.45, 2.75) is 0 Å². The van der Waals surface area contributed by atoms with Crippen molar-refractivity contribution in [3.63, 3.8) is 0 Å². The van der Waals surface area contributed by atoms with Gasteiger partial charge in [0.15, 0.2) is 34.6 Å². The molecule has 0 unspecified atom stereocenters. The van der Waals surface area contributed by atoms with Gasteiger partial charge in [0.1, 0.15) is 0 Å². The normalized spacial score (nSPS) is 11.2. The summed E-state index contributed by atoms with van der Waals surface area (Å²) in [5, 5.41) is 20.2. The molecule has 1 heterocycles. The number of aliphatic imine (C=N–C) groups is 2. The number of phenolic OH excluding ortho intramolecular Hbond substituents is 2. The Morgan fingerprint density at radius 1 is 0.714 bits per heavy atom. The van der Waals surface area contributed by atoms with E-state index < -0.39 is 0 Å². The first kappa shape index (κ1) is 18.9. The Labute approximate surface area is 162 Å². The van der Waals surface area contributed by atoms with Crippen LogP contribution in [-0.4, -0.2) is 41.8 Å². The van der Waals surface area contributed by atoms with Crippen molar-refractivity contribution in [3.05, 3.63) is 65.7 Å². The fourth-order valence-corrected chi connectivity index (χ4v) is 2.44.